The van der Waals surface area contributed by atoms with Gasteiger partial charge in [-0.25, -0.2) is 0 Å². The van der Waals surface area contributed by atoms with Gasteiger partial charge in [0.2, 0.25) is 5.91 Å². The third-order valence-electron chi connectivity index (χ3n) is 3.93. The summed E-state index contributed by atoms with van der Waals surface area (Å²) in [7, 11) is 0. The molecule has 29 heavy (non-hydrogen) atoms. The summed E-state index contributed by atoms with van der Waals surface area (Å²) in [5, 5.41) is 16.5. The Morgan fingerprint density at radius 2 is 1.86 bits per heavy atom. The van der Waals surface area contributed by atoms with Crippen molar-refractivity contribution in [3.05, 3.63) is 75.8 Å². The lowest BCUT2D eigenvalue weighted by Gasteiger charge is -2.10. The van der Waals surface area contributed by atoms with E-state index in [4.69, 9.17) is 4.74 Å². The monoisotopic (exact) mass is 397 g/mol. The second-order valence-corrected chi connectivity index (χ2v) is 5.99. The first-order valence-corrected chi connectivity index (χ1v) is 9.20. The molecular weight excluding hydrogens is 374 g/mol. The molecule has 152 valence electrons. The van der Waals surface area contributed by atoms with Gasteiger partial charge in [-0.15, -0.1) is 0 Å². The molecule has 0 saturated carbocycles. The van der Waals surface area contributed by atoms with Crippen molar-refractivity contribution in [1.29, 1.82) is 0 Å². The van der Waals surface area contributed by atoms with E-state index in [-0.39, 0.29) is 11.6 Å². The lowest BCUT2D eigenvalue weighted by Crippen LogP contribution is -2.26. The SMILES string of the molecule is CCOCCCNC(=O)c1ccccc1NC(=O)/C=C/c1ccccc1[N+](=O)[O-]. The van der Waals surface area contributed by atoms with Gasteiger partial charge in [0.05, 0.1) is 21.7 Å². The normalized spacial score (nSPS) is 10.7. The molecule has 8 heteroatoms. The van der Waals surface area contributed by atoms with Crippen LogP contribution in [0.1, 0.15) is 29.3 Å². The Bertz CT molecular complexity index is 895. The second kappa shape index (κ2) is 11.4. The van der Waals surface area contributed by atoms with E-state index in [0.717, 1.165) is 0 Å². The van der Waals surface area contributed by atoms with E-state index in [2.05, 4.69) is 10.6 Å². The van der Waals surface area contributed by atoms with Crippen LogP contribution in [0, 0.1) is 10.1 Å². The molecule has 0 aromatic heterocycles. The maximum atomic E-state index is 12.4. The number of nitrogens with zero attached hydrogens (tertiary/aromatic N) is 1. The molecule has 0 atom stereocenters. The number of benzene rings is 2. The Labute approximate surface area is 168 Å². The Hall–Kier alpha value is -3.52. The number of nitro groups is 1. The molecule has 2 aromatic carbocycles. The van der Waals surface area contributed by atoms with Gasteiger partial charge < -0.3 is 15.4 Å². The summed E-state index contributed by atoms with van der Waals surface area (Å²) in [4.78, 5) is 35.2. The average Bonchev–Trinajstić information content (AvgIpc) is 2.72. The van der Waals surface area contributed by atoms with Crippen LogP contribution in [0.25, 0.3) is 6.08 Å². The molecule has 0 radical (unpaired) electrons. The molecule has 0 aliphatic heterocycles. The van der Waals surface area contributed by atoms with E-state index in [1.165, 1.54) is 18.2 Å². The van der Waals surface area contributed by atoms with Gasteiger partial charge in [0.1, 0.15) is 0 Å². The predicted octanol–water partition coefficient (Wildman–Crippen LogP) is 3.40. The van der Waals surface area contributed by atoms with Crippen molar-refractivity contribution >= 4 is 29.3 Å². The average molecular weight is 397 g/mol. The maximum Gasteiger partial charge on any atom is 0.276 e. The van der Waals surface area contributed by atoms with E-state index in [1.54, 1.807) is 42.5 Å². The molecule has 0 unspecified atom stereocenters. The van der Waals surface area contributed by atoms with Gasteiger partial charge in [0.15, 0.2) is 0 Å². The molecule has 8 nitrogen and oxygen atoms in total. The predicted molar refractivity (Wildman–Crippen MR) is 111 cm³/mol. The van der Waals surface area contributed by atoms with Crippen molar-refractivity contribution < 1.29 is 19.2 Å². The van der Waals surface area contributed by atoms with Crippen molar-refractivity contribution in [2.45, 2.75) is 13.3 Å². The zero-order chi connectivity index (χ0) is 21.1. The van der Waals surface area contributed by atoms with Gasteiger partial charge >= 0.3 is 0 Å². The number of carbonyl (C=O) groups excluding carboxylic acids is 2. The van der Waals surface area contributed by atoms with Gasteiger partial charge in [0, 0.05) is 31.9 Å². The fraction of sp³-hybridized carbons (Fsp3) is 0.238. The van der Waals surface area contributed by atoms with Crippen molar-refractivity contribution in [2.24, 2.45) is 0 Å². The minimum atomic E-state index is -0.511. The summed E-state index contributed by atoms with van der Waals surface area (Å²) in [5.74, 6) is -0.806. The van der Waals surface area contributed by atoms with E-state index < -0.39 is 10.8 Å². The van der Waals surface area contributed by atoms with Crippen LogP contribution in [0.15, 0.2) is 54.6 Å². The number of hydrogen-bond acceptors (Lipinski definition) is 5. The number of ether oxygens (including phenoxy) is 1. The number of nitrogens with one attached hydrogen (secondary N) is 2. The van der Waals surface area contributed by atoms with Crippen LogP contribution >= 0.6 is 0 Å². The highest BCUT2D eigenvalue weighted by Gasteiger charge is 2.13. The molecule has 0 aliphatic carbocycles. The van der Waals surface area contributed by atoms with Crippen molar-refractivity contribution in [1.82, 2.24) is 5.32 Å². The Morgan fingerprint density at radius 1 is 1.14 bits per heavy atom. The van der Waals surface area contributed by atoms with Crippen molar-refractivity contribution in [3.8, 4) is 0 Å². The Balaban J connectivity index is 2.02. The van der Waals surface area contributed by atoms with Crippen LogP contribution in [-0.4, -0.2) is 36.5 Å². The summed E-state index contributed by atoms with van der Waals surface area (Å²) in [6.45, 7) is 3.55. The molecule has 0 bridgehead atoms. The third-order valence-corrected chi connectivity index (χ3v) is 3.93. The van der Waals surface area contributed by atoms with E-state index in [0.29, 0.717) is 43.0 Å². The van der Waals surface area contributed by atoms with Crippen LogP contribution in [-0.2, 0) is 9.53 Å². The molecule has 2 amide bonds. The molecule has 0 spiro atoms. The molecule has 0 saturated heterocycles. The highest BCUT2D eigenvalue weighted by Crippen LogP contribution is 2.19. The minimum Gasteiger partial charge on any atom is -0.382 e. The van der Waals surface area contributed by atoms with Crippen molar-refractivity contribution in [2.75, 3.05) is 25.1 Å². The van der Waals surface area contributed by atoms with Crippen molar-refractivity contribution in [3.63, 3.8) is 0 Å². The fourth-order valence-electron chi connectivity index (χ4n) is 2.54. The topological polar surface area (TPSA) is 111 Å². The van der Waals surface area contributed by atoms with Crippen LogP contribution in [0.5, 0.6) is 0 Å². The van der Waals surface area contributed by atoms with E-state index >= 15 is 0 Å². The second-order valence-electron chi connectivity index (χ2n) is 5.99. The number of nitro benzene ring substituents is 1. The van der Waals surface area contributed by atoms with Crippen LogP contribution in [0.2, 0.25) is 0 Å². The van der Waals surface area contributed by atoms with E-state index in [9.17, 15) is 19.7 Å². The number of anilines is 1. The molecular formula is C21H23N3O5. The quantitative estimate of drug-likeness (QED) is 0.276. The van der Waals surface area contributed by atoms with Crippen LogP contribution in [0.3, 0.4) is 0 Å². The highest BCUT2D eigenvalue weighted by molar-refractivity contribution is 6.07. The van der Waals surface area contributed by atoms with Crippen LogP contribution in [0.4, 0.5) is 11.4 Å². The zero-order valence-corrected chi connectivity index (χ0v) is 16.1. The van der Waals surface area contributed by atoms with Gasteiger partial charge in [0.25, 0.3) is 11.6 Å². The van der Waals surface area contributed by atoms with Crippen LogP contribution < -0.4 is 10.6 Å². The first kappa shape index (κ1) is 21.8. The lowest BCUT2D eigenvalue weighted by molar-refractivity contribution is -0.385. The largest absolute Gasteiger partial charge is 0.382 e. The Kier molecular flexibility index (Phi) is 8.52. The number of rotatable bonds is 10. The van der Waals surface area contributed by atoms with Gasteiger partial charge in [-0.05, 0) is 37.6 Å². The molecule has 2 rings (SSSR count). The molecule has 2 aromatic rings. The van der Waals surface area contributed by atoms with Gasteiger partial charge in [-0.2, -0.15) is 0 Å². The summed E-state index contributed by atoms with van der Waals surface area (Å²) < 4.78 is 5.23. The fourth-order valence-corrected chi connectivity index (χ4v) is 2.54. The molecule has 2 N–H and O–H groups in total. The number of para-hydroxylation sites is 2. The molecule has 0 fully saturated rings. The molecule has 0 heterocycles. The first-order valence-electron chi connectivity index (χ1n) is 9.20. The number of hydrogen-bond donors (Lipinski definition) is 2. The summed E-state index contributed by atoms with van der Waals surface area (Å²) in [6.07, 6.45) is 3.25. The van der Waals surface area contributed by atoms with Gasteiger partial charge in [-0.3, -0.25) is 19.7 Å². The summed E-state index contributed by atoms with van der Waals surface area (Å²) in [5.41, 5.74) is 0.903. The van der Waals surface area contributed by atoms with E-state index in [1.807, 2.05) is 6.92 Å². The molecule has 0 aliphatic rings. The zero-order valence-electron chi connectivity index (χ0n) is 16.1. The maximum absolute atomic E-state index is 12.4. The Morgan fingerprint density at radius 3 is 2.62 bits per heavy atom. The minimum absolute atomic E-state index is 0.0941. The summed E-state index contributed by atoms with van der Waals surface area (Å²) >= 11 is 0. The standard InChI is InChI=1S/C21H23N3O5/c1-2-29-15-7-14-22-21(26)17-9-4-5-10-18(17)23-20(25)13-12-16-8-3-6-11-19(16)24(27)28/h3-6,8-13H,2,7,14-15H2,1H3,(H,22,26)(H,23,25)/b13-12+. The first-order chi connectivity index (χ1) is 14.0. The third kappa shape index (κ3) is 6.86. The number of amides is 2. The summed E-state index contributed by atoms with van der Waals surface area (Å²) in [6, 6.07) is 12.7. The smallest absolute Gasteiger partial charge is 0.276 e. The lowest BCUT2D eigenvalue weighted by atomic mass is 10.1. The number of carbonyl (C=O) groups is 2. The van der Waals surface area contributed by atoms with Gasteiger partial charge in [-0.1, -0.05) is 24.3 Å². The highest BCUT2D eigenvalue weighted by atomic mass is 16.6.